The van der Waals surface area contributed by atoms with Crippen molar-refractivity contribution in [2.75, 3.05) is 10.6 Å². The lowest BCUT2D eigenvalue weighted by Gasteiger charge is -2.32. The summed E-state index contributed by atoms with van der Waals surface area (Å²) in [7, 11) is 0. The van der Waals surface area contributed by atoms with Crippen molar-refractivity contribution in [1.29, 1.82) is 0 Å². The van der Waals surface area contributed by atoms with Crippen LogP contribution in [0.3, 0.4) is 0 Å². The minimum Gasteiger partial charge on any atom is -0.489 e. The minimum absolute atomic E-state index is 0.269. The first kappa shape index (κ1) is 21.2. The zero-order valence-corrected chi connectivity index (χ0v) is 17.9. The number of carbonyl (C=O) groups is 2. The van der Waals surface area contributed by atoms with Crippen LogP contribution in [-0.2, 0) is 16.2 Å². The van der Waals surface area contributed by atoms with Crippen molar-refractivity contribution in [3.05, 3.63) is 90.0 Å². The van der Waals surface area contributed by atoms with E-state index in [9.17, 15) is 9.59 Å². The number of para-hydroxylation sites is 1. The fourth-order valence-electron chi connectivity index (χ4n) is 3.23. The van der Waals surface area contributed by atoms with Crippen LogP contribution in [0.5, 0.6) is 11.5 Å². The highest BCUT2D eigenvalue weighted by atomic mass is 16.5. The summed E-state index contributed by atoms with van der Waals surface area (Å²) >= 11 is 0. The molecule has 1 aliphatic rings. The van der Waals surface area contributed by atoms with E-state index in [0.29, 0.717) is 23.7 Å². The first-order valence-electron chi connectivity index (χ1n) is 10.3. The van der Waals surface area contributed by atoms with Gasteiger partial charge in [-0.25, -0.2) is 0 Å². The summed E-state index contributed by atoms with van der Waals surface area (Å²) in [5, 5.41) is 5.61. The van der Waals surface area contributed by atoms with Crippen molar-refractivity contribution in [2.24, 2.45) is 0 Å². The molecule has 6 heteroatoms. The highest BCUT2D eigenvalue weighted by Crippen LogP contribution is 2.38. The summed E-state index contributed by atoms with van der Waals surface area (Å²) in [6, 6.07) is 22.7. The summed E-state index contributed by atoms with van der Waals surface area (Å²) in [6.07, 6.45) is 3.14. The van der Waals surface area contributed by atoms with Gasteiger partial charge in [0.25, 0.3) is 5.91 Å². The average Bonchev–Trinajstić information content (AvgIpc) is 2.78. The number of amides is 2. The van der Waals surface area contributed by atoms with Crippen molar-refractivity contribution in [3.8, 4) is 11.5 Å². The monoisotopic (exact) mass is 428 g/mol. The standard InChI is InChI=1S/C26H24N2O4/c1-26(2)25(30)28-24-21(12-7-13-22(24)32-26)27-23(29)15-14-18-10-6-11-20(16-18)31-17-19-8-4-3-5-9-19/h3-16H,17H2,1-2H3,(H,27,29)(H,28,30)/b15-14+. The van der Waals surface area contributed by atoms with Gasteiger partial charge in [-0.2, -0.15) is 0 Å². The van der Waals surface area contributed by atoms with Crippen LogP contribution in [0.1, 0.15) is 25.0 Å². The van der Waals surface area contributed by atoms with Crippen LogP contribution < -0.4 is 20.1 Å². The molecule has 0 saturated carbocycles. The number of fused-ring (bicyclic) bond motifs is 1. The highest BCUT2D eigenvalue weighted by Gasteiger charge is 2.36. The quantitative estimate of drug-likeness (QED) is 0.540. The van der Waals surface area contributed by atoms with Gasteiger partial charge in [-0.15, -0.1) is 0 Å². The predicted octanol–water partition coefficient (Wildman–Crippen LogP) is 5.03. The molecule has 162 valence electrons. The van der Waals surface area contributed by atoms with E-state index in [1.54, 1.807) is 38.1 Å². The molecular weight excluding hydrogens is 404 g/mol. The fourth-order valence-corrected chi connectivity index (χ4v) is 3.23. The second kappa shape index (κ2) is 8.98. The number of rotatable bonds is 6. The topological polar surface area (TPSA) is 76.7 Å². The average molecular weight is 428 g/mol. The van der Waals surface area contributed by atoms with Gasteiger partial charge >= 0.3 is 0 Å². The number of carbonyl (C=O) groups excluding carboxylic acids is 2. The van der Waals surface area contributed by atoms with E-state index < -0.39 is 5.60 Å². The third-order valence-corrected chi connectivity index (χ3v) is 4.97. The van der Waals surface area contributed by atoms with Gasteiger partial charge in [0.15, 0.2) is 5.60 Å². The molecule has 0 aliphatic carbocycles. The van der Waals surface area contributed by atoms with Gasteiger partial charge in [-0.1, -0.05) is 48.5 Å². The van der Waals surface area contributed by atoms with Crippen LogP contribution in [0.15, 0.2) is 78.9 Å². The van der Waals surface area contributed by atoms with E-state index >= 15 is 0 Å². The van der Waals surface area contributed by atoms with E-state index in [4.69, 9.17) is 9.47 Å². The van der Waals surface area contributed by atoms with Crippen molar-refractivity contribution in [1.82, 2.24) is 0 Å². The molecule has 2 N–H and O–H groups in total. The number of ether oxygens (including phenoxy) is 2. The Morgan fingerprint density at radius 3 is 2.66 bits per heavy atom. The van der Waals surface area contributed by atoms with Crippen LogP contribution in [-0.4, -0.2) is 17.4 Å². The van der Waals surface area contributed by atoms with Crippen LogP contribution in [0.4, 0.5) is 11.4 Å². The largest absolute Gasteiger partial charge is 0.489 e. The Kier molecular flexibility index (Phi) is 5.94. The molecule has 0 spiro atoms. The van der Waals surface area contributed by atoms with Crippen LogP contribution in [0, 0.1) is 0 Å². The van der Waals surface area contributed by atoms with Crippen molar-refractivity contribution in [2.45, 2.75) is 26.1 Å². The summed E-state index contributed by atoms with van der Waals surface area (Å²) in [4.78, 5) is 24.7. The third kappa shape index (κ3) is 4.98. The van der Waals surface area contributed by atoms with Gasteiger partial charge in [0, 0.05) is 6.08 Å². The van der Waals surface area contributed by atoms with E-state index in [1.165, 1.54) is 6.08 Å². The zero-order chi connectivity index (χ0) is 22.6. The number of anilines is 2. The maximum atomic E-state index is 12.5. The number of hydrogen-bond acceptors (Lipinski definition) is 4. The number of hydrogen-bond donors (Lipinski definition) is 2. The Hall–Kier alpha value is -4.06. The third-order valence-electron chi connectivity index (χ3n) is 4.97. The molecule has 0 atom stereocenters. The van der Waals surface area contributed by atoms with Crippen molar-refractivity contribution >= 4 is 29.3 Å². The van der Waals surface area contributed by atoms with E-state index in [1.807, 2.05) is 54.6 Å². The van der Waals surface area contributed by atoms with Gasteiger partial charge < -0.3 is 20.1 Å². The Balaban J connectivity index is 1.41. The molecule has 32 heavy (non-hydrogen) atoms. The molecule has 0 saturated heterocycles. The summed E-state index contributed by atoms with van der Waals surface area (Å²) < 4.78 is 11.6. The second-order valence-corrected chi connectivity index (χ2v) is 7.91. The molecule has 0 unspecified atom stereocenters. The lowest BCUT2D eigenvalue weighted by Crippen LogP contribution is -2.45. The molecular formula is C26H24N2O4. The molecule has 0 bridgehead atoms. The van der Waals surface area contributed by atoms with E-state index in [2.05, 4.69) is 10.6 Å². The van der Waals surface area contributed by atoms with Crippen LogP contribution >= 0.6 is 0 Å². The van der Waals surface area contributed by atoms with Crippen LogP contribution in [0.2, 0.25) is 0 Å². The van der Waals surface area contributed by atoms with E-state index in [0.717, 1.165) is 16.9 Å². The Bertz CT molecular complexity index is 1170. The first-order chi connectivity index (χ1) is 15.4. The smallest absolute Gasteiger partial charge is 0.268 e. The highest BCUT2D eigenvalue weighted by molar-refractivity contribution is 6.08. The lowest BCUT2D eigenvalue weighted by molar-refractivity contribution is -0.129. The number of benzene rings is 3. The van der Waals surface area contributed by atoms with Gasteiger partial charge in [-0.3, -0.25) is 9.59 Å². The van der Waals surface area contributed by atoms with Crippen molar-refractivity contribution in [3.63, 3.8) is 0 Å². The molecule has 1 aliphatic heterocycles. The summed E-state index contributed by atoms with van der Waals surface area (Å²) in [5.74, 6) is 0.637. The van der Waals surface area contributed by atoms with E-state index in [-0.39, 0.29) is 11.8 Å². The maximum Gasteiger partial charge on any atom is 0.268 e. The molecule has 2 amide bonds. The second-order valence-electron chi connectivity index (χ2n) is 7.91. The summed E-state index contributed by atoms with van der Waals surface area (Å²) in [6.45, 7) is 3.85. The molecule has 3 aromatic carbocycles. The minimum atomic E-state index is -0.969. The Morgan fingerprint density at radius 1 is 1.06 bits per heavy atom. The molecule has 3 aromatic rings. The molecule has 0 fully saturated rings. The molecule has 4 rings (SSSR count). The first-order valence-corrected chi connectivity index (χ1v) is 10.3. The lowest BCUT2D eigenvalue weighted by atomic mass is 10.1. The Labute approximate surface area is 186 Å². The number of nitrogens with one attached hydrogen (secondary N) is 2. The molecule has 0 radical (unpaired) electrons. The van der Waals surface area contributed by atoms with Crippen molar-refractivity contribution < 1.29 is 19.1 Å². The summed E-state index contributed by atoms with van der Waals surface area (Å²) in [5.41, 5.74) is 1.87. The molecule has 1 heterocycles. The van der Waals surface area contributed by atoms with Gasteiger partial charge in [0.1, 0.15) is 23.8 Å². The van der Waals surface area contributed by atoms with Gasteiger partial charge in [0.05, 0.1) is 5.69 Å². The normalized spacial score (nSPS) is 14.2. The predicted molar refractivity (Wildman–Crippen MR) is 125 cm³/mol. The Morgan fingerprint density at radius 2 is 1.84 bits per heavy atom. The zero-order valence-electron chi connectivity index (χ0n) is 17.9. The maximum absolute atomic E-state index is 12.5. The molecule has 6 nitrogen and oxygen atoms in total. The fraction of sp³-hybridized carbons (Fsp3) is 0.154. The van der Waals surface area contributed by atoms with Gasteiger partial charge in [0.2, 0.25) is 5.91 Å². The molecule has 0 aromatic heterocycles. The van der Waals surface area contributed by atoms with Crippen LogP contribution in [0.25, 0.3) is 6.08 Å². The van der Waals surface area contributed by atoms with Gasteiger partial charge in [-0.05, 0) is 55.3 Å². The SMILES string of the molecule is CC1(C)Oc2cccc(NC(=O)/C=C/c3cccc(OCc4ccccc4)c3)c2NC1=O.